The SMILES string of the molecule is NS(=O)(=O)C=Cc1ccccc1C(=O)O. The van der Waals surface area contributed by atoms with E-state index in [9.17, 15) is 13.2 Å². The molecule has 0 saturated heterocycles. The lowest BCUT2D eigenvalue weighted by Gasteiger charge is -1.99. The van der Waals surface area contributed by atoms with Crippen LogP contribution >= 0.6 is 0 Å². The lowest BCUT2D eigenvalue weighted by molar-refractivity contribution is 0.0696. The molecule has 0 bridgehead atoms. The summed E-state index contributed by atoms with van der Waals surface area (Å²) >= 11 is 0. The van der Waals surface area contributed by atoms with Crippen molar-refractivity contribution in [2.24, 2.45) is 5.14 Å². The molecule has 0 atom stereocenters. The third kappa shape index (κ3) is 3.53. The minimum Gasteiger partial charge on any atom is -0.478 e. The molecule has 3 N–H and O–H groups in total. The molecule has 0 aliphatic heterocycles. The summed E-state index contributed by atoms with van der Waals surface area (Å²) in [7, 11) is -3.74. The fourth-order valence-electron chi connectivity index (χ4n) is 1.01. The summed E-state index contributed by atoms with van der Waals surface area (Å²) in [6.07, 6.45) is 1.15. The summed E-state index contributed by atoms with van der Waals surface area (Å²) in [5.41, 5.74) is 0.316. The standard InChI is InChI=1S/C9H9NO4S/c10-15(13,14)6-5-7-3-1-2-4-8(7)9(11)12/h1-6H,(H,11,12)(H2,10,13,14). The second-order valence-corrected chi connectivity index (χ2v) is 4.23. The number of primary sulfonamides is 1. The summed E-state index contributed by atoms with van der Waals surface area (Å²) < 4.78 is 21.3. The first-order valence-electron chi connectivity index (χ1n) is 3.93. The Bertz CT molecular complexity index is 505. The number of rotatable bonds is 3. The van der Waals surface area contributed by atoms with Crippen LogP contribution in [0, 0.1) is 0 Å². The first-order valence-corrected chi connectivity index (χ1v) is 5.54. The molecule has 1 aromatic carbocycles. The van der Waals surface area contributed by atoms with Crippen LogP contribution in [0.15, 0.2) is 29.7 Å². The highest BCUT2D eigenvalue weighted by molar-refractivity contribution is 7.92. The maximum atomic E-state index is 10.7. The average molecular weight is 227 g/mol. The van der Waals surface area contributed by atoms with Gasteiger partial charge < -0.3 is 5.11 Å². The molecule has 1 rings (SSSR count). The van der Waals surface area contributed by atoms with Crippen molar-refractivity contribution in [1.29, 1.82) is 0 Å². The lowest BCUT2D eigenvalue weighted by Crippen LogP contribution is -2.07. The van der Waals surface area contributed by atoms with Gasteiger partial charge in [0.15, 0.2) is 0 Å². The van der Waals surface area contributed by atoms with Crippen LogP contribution in [0.3, 0.4) is 0 Å². The number of carboxylic acids is 1. The van der Waals surface area contributed by atoms with E-state index in [-0.39, 0.29) is 5.56 Å². The molecule has 0 fully saturated rings. The number of aromatic carboxylic acids is 1. The molecule has 5 nitrogen and oxygen atoms in total. The maximum absolute atomic E-state index is 10.7. The van der Waals surface area contributed by atoms with E-state index in [2.05, 4.69) is 0 Å². The highest BCUT2D eigenvalue weighted by Crippen LogP contribution is 2.10. The molecule has 6 heteroatoms. The first-order chi connectivity index (χ1) is 6.90. The zero-order valence-electron chi connectivity index (χ0n) is 7.62. The van der Waals surface area contributed by atoms with Gasteiger partial charge >= 0.3 is 5.97 Å². The summed E-state index contributed by atoms with van der Waals surface area (Å²) in [4.78, 5) is 10.7. The fraction of sp³-hybridized carbons (Fsp3) is 0. The summed E-state index contributed by atoms with van der Waals surface area (Å²) in [5.74, 6) is -1.12. The lowest BCUT2D eigenvalue weighted by atomic mass is 10.1. The van der Waals surface area contributed by atoms with Crippen molar-refractivity contribution in [3.05, 3.63) is 40.8 Å². The topological polar surface area (TPSA) is 97.5 Å². The van der Waals surface area contributed by atoms with Crippen molar-refractivity contribution in [3.63, 3.8) is 0 Å². The van der Waals surface area contributed by atoms with Gasteiger partial charge in [0, 0.05) is 5.41 Å². The molecule has 0 aromatic heterocycles. The van der Waals surface area contributed by atoms with Gasteiger partial charge in [-0.15, -0.1) is 0 Å². The van der Waals surface area contributed by atoms with Crippen LogP contribution in [0.5, 0.6) is 0 Å². The van der Waals surface area contributed by atoms with Gasteiger partial charge in [-0.3, -0.25) is 0 Å². The number of carbonyl (C=O) groups is 1. The number of carboxylic acid groups (broad SMARTS) is 1. The van der Waals surface area contributed by atoms with Crippen molar-refractivity contribution in [3.8, 4) is 0 Å². The van der Waals surface area contributed by atoms with Crippen LogP contribution in [0.25, 0.3) is 6.08 Å². The summed E-state index contributed by atoms with van der Waals surface area (Å²) in [6.45, 7) is 0. The molecule has 0 saturated carbocycles. The smallest absolute Gasteiger partial charge is 0.336 e. The molecule has 0 unspecified atom stereocenters. The minimum atomic E-state index is -3.74. The Morgan fingerprint density at radius 1 is 1.33 bits per heavy atom. The van der Waals surface area contributed by atoms with Gasteiger partial charge in [-0.2, -0.15) is 0 Å². The van der Waals surface area contributed by atoms with Crippen LogP contribution < -0.4 is 5.14 Å². The van der Waals surface area contributed by atoms with Gasteiger partial charge in [-0.05, 0) is 17.7 Å². The van der Waals surface area contributed by atoms with Gasteiger partial charge in [-0.1, -0.05) is 18.2 Å². The zero-order valence-corrected chi connectivity index (χ0v) is 8.44. The Morgan fingerprint density at radius 3 is 2.47 bits per heavy atom. The van der Waals surface area contributed by atoms with Crippen molar-refractivity contribution >= 4 is 22.1 Å². The second kappa shape index (κ2) is 4.24. The second-order valence-electron chi connectivity index (χ2n) is 2.78. The Morgan fingerprint density at radius 2 is 1.93 bits per heavy atom. The van der Waals surface area contributed by atoms with E-state index in [1.165, 1.54) is 12.1 Å². The molecular formula is C9H9NO4S. The molecular weight excluding hydrogens is 218 g/mol. The Hall–Kier alpha value is -1.66. The van der Waals surface area contributed by atoms with E-state index in [1.54, 1.807) is 12.1 Å². The van der Waals surface area contributed by atoms with E-state index in [0.717, 1.165) is 11.5 Å². The Kier molecular flexibility index (Phi) is 3.23. The molecule has 15 heavy (non-hydrogen) atoms. The summed E-state index contributed by atoms with van der Waals surface area (Å²) in [5, 5.41) is 14.3. The number of nitrogens with two attached hydrogens (primary N) is 1. The number of hydrogen-bond donors (Lipinski definition) is 2. The van der Waals surface area contributed by atoms with Crippen LogP contribution in [0.2, 0.25) is 0 Å². The zero-order chi connectivity index (χ0) is 11.5. The van der Waals surface area contributed by atoms with E-state index in [1.807, 2.05) is 0 Å². The maximum Gasteiger partial charge on any atom is 0.336 e. The van der Waals surface area contributed by atoms with Gasteiger partial charge in [-0.25, -0.2) is 18.4 Å². The predicted molar refractivity (Wildman–Crippen MR) is 55.5 cm³/mol. The van der Waals surface area contributed by atoms with Crippen LogP contribution in [0.4, 0.5) is 0 Å². The molecule has 0 aliphatic carbocycles. The van der Waals surface area contributed by atoms with Crippen LogP contribution in [-0.2, 0) is 10.0 Å². The summed E-state index contributed by atoms with van der Waals surface area (Å²) in [6, 6.07) is 6.03. The number of sulfonamides is 1. The molecule has 0 aliphatic rings. The third-order valence-corrected chi connectivity index (χ3v) is 2.14. The van der Waals surface area contributed by atoms with Crippen molar-refractivity contribution in [2.45, 2.75) is 0 Å². The highest BCUT2D eigenvalue weighted by atomic mass is 32.2. The van der Waals surface area contributed by atoms with E-state index < -0.39 is 16.0 Å². The highest BCUT2D eigenvalue weighted by Gasteiger charge is 2.06. The van der Waals surface area contributed by atoms with Gasteiger partial charge in [0.2, 0.25) is 10.0 Å². The molecule has 1 aromatic rings. The monoisotopic (exact) mass is 227 g/mol. The molecule has 0 spiro atoms. The first kappa shape index (κ1) is 11.4. The average Bonchev–Trinajstić information content (AvgIpc) is 2.14. The predicted octanol–water partition coefficient (Wildman–Crippen LogP) is 0.644. The number of hydrogen-bond acceptors (Lipinski definition) is 3. The van der Waals surface area contributed by atoms with E-state index >= 15 is 0 Å². The Labute approximate surface area is 86.9 Å². The Balaban J connectivity index is 3.16. The van der Waals surface area contributed by atoms with E-state index in [0.29, 0.717) is 5.56 Å². The van der Waals surface area contributed by atoms with E-state index in [4.69, 9.17) is 10.2 Å². The molecule has 0 amide bonds. The molecule has 0 radical (unpaired) electrons. The van der Waals surface area contributed by atoms with Crippen LogP contribution in [-0.4, -0.2) is 19.5 Å². The van der Waals surface area contributed by atoms with Crippen molar-refractivity contribution in [2.75, 3.05) is 0 Å². The van der Waals surface area contributed by atoms with Crippen molar-refractivity contribution in [1.82, 2.24) is 0 Å². The molecule has 0 heterocycles. The third-order valence-electron chi connectivity index (χ3n) is 1.63. The quantitative estimate of drug-likeness (QED) is 0.791. The van der Waals surface area contributed by atoms with Crippen molar-refractivity contribution < 1.29 is 18.3 Å². The van der Waals surface area contributed by atoms with Gasteiger partial charge in [0.1, 0.15) is 0 Å². The largest absolute Gasteiger partial charge is 0.478 e. The molecule has 80 valence electrons. The minimum absolute atomic E-state index is 0.0254. The fourth-order valence-corrected chi connectivity index (χ4v) is 1.34. The van der Waals surface area contributed by atoms with Gasteiger partial charge in [0.25, 0.3) is 0 Å². The van der Waals surface area contributed by atoms with Crippen LogP contribution in [0.1, 0.15) is 15.9 Å². The number of benzene rings is 1. The van der Waals surface area contributed by atoms with Gasteiger partial charge in [0.05, 0.1) is 5.56 Å². The normalized spacial score (nSPS) is 11.8.